The van der Waals surface area contributed by atoms with Crippen LogP contribution in [-0.2, 0) is 0 Å². The Morgan fingerprint density at radius 1 is 1.23 bits per heavy atom. The van der Waals surface area contributed by atoms with Gasteiger partial charge in [0.1, 0.15) is 5.75 Å². The minimum atomic E-state index is -0.575. The fourth-order valence-electron chi connectivity index (χ4n) is 2.29. The topological polar surface area (TPSA) is 29.5 Å². The number of carbonyl (C=O) groups excluding carboxylic acids is 1. The van der Waals surface area contributed by atoms with Crippen LogP contribution in [0.4, 0.5) is 10.5 Å². The van der Waals surface area contributed by atoms with E-state index in [1.54, 1.807) is 31.4 Å². The van der Waals surface area contributed by atoms with E-state index < -0.39 is 5.37 Å². The molecular formula is C18H16ClNO2. The van der Waals surface area contributed by atoms with Crippen LogP contribution in [0.3, 0.4) is 0 Å². The van der Waals surface area contributed by atoms with E-state index in [0.717, 1.165) is 5.56 Å². The first kappa shape index (κ1) is 15.9. The monoisotopic (exact) mass is 313 g/mol. The van der Waals surface area contributed by atoms with E-state index in [2.05, 4.69) is 5.92 Å². The van der Waals surface area contributed by atoms with Gasteiger partial charge in [-0.15, -0.1) is 12.3 Å². The SMILES string of the molecule is C#CCC(c1ccccc1)N(C(=O)Cl)c1ccc(OC)cc1. The average Bonchev–Trinajstić information content (AvgIpc) is 2.55. The Labute approximate surface area is 135 Å². The second-order valence-corrected chi connectivity index (χ2v) is 4.98. The van der Waals surface area contributed by atoms with Crippen molar-refractivity contribution in [3.8, 4) is 18.1 Å². The molecule has 3 nitrogen and oxygen atoms in total. The van der Waals surface area contributed by atoms with Gasteiger partial charge < -0.3 is 4.74 Å². The highest BCUT2D eigenvalue weighted by Crippen LogP contribution is 2.32. The van der Waals surface area contributed by atoms with E-state index in [1.165, 1.54) is 4.90 Å². The zero-order chi connectivity index (χ0) is 15.9. The highest BCUT2D eigenvalue weighted by atomic mass is 35.5. The van der Waals surface area contributed by atoms with Crippen molar-refractivity contribution < 1.29 is 9.53 Å². The zero-order valence-electron chi connectivity index (χ0n) is 12.2. The molecular weight excluding hydrogens is 298 g/mol. The van der Waals surface area contributed by atoms with Crippen LogP contribution in [0.5, 0.6) is 5.75 Å². The largest absolute Gasteiger partial charge is 0.497 e. The lowest BCUT2D eigenvalue weighted by molar-refractivity contribution is 0.262. The Kier molecular flexibility index (Phi) is 5.46. The van der Waals surface area contributed by atoms with Crippen LogP contribution < -0.4 is 9.64 Å². The summed E-state index contributed by atoms with van der Waals surface area (Å²) in [4.78, 5) is 13.5. The van der Waals surface area contributed by atoms with Gasteiger partial charge in [0.05, 0.1) is 13.2 Å². The molecule has 2 aromatic carbocycles. The molecule has 0 aliphatic carbocycles. The summed E-state index contributed by atoms with van der Waals surface area (Å²) in [5.41, 5.74) is 1.61. The van der Waals surface area contributed by atoms with Crippen molar-refractivity contribution in [3.05, 3.63) is 60.2 Å². The van der Waals surface area contributed by atoms with Crippen molar-refractivity contribution in [2.45, 2.75) is 12.5 Å². The molecule has 0 radical (unpaired) electrons. The standard InChI is InChI=1S/C18H16ClNO2/c1-3-7-17(14-8-5-4-6-9-14)20(18(19)21)15-10-12-16(22-2)13-11-15/h1,4-6,8-13,17H,7H2,2H3. The van der Waals surface area contributed by atoms with Crippen molar-refractivity contribution in [2.75, 3.05) is 12.0 Å². The first-order valence-electron chi connectivity index (χ1n) is 6.78. The molecule has 112 valence electrons. The van der Waals surface area contributed by atoms with E-state index >= 15 is 0 Å². The number of nitrogens with zero attached hydrogens (tertiary/aromatic N) is 1. The summed E-state index contributed by atoms with van der Waals surface area (Å²) >= 11 is 5.82. The third-order valence-electron chi connectivity index (χ3n) is 3.35. The lowest BCUT2D eigenvalue weighted by Crippen LogP contribution is -2.30. The summed E-state index contributed by atoms with van der Waals surface area (Å²) in [7, 11) is 1.59. The van der Waals surface area contributed by atoms with Gasteiger partial charge >= 0.3 is 5.37 Å². The molecule has 2 aromatic rings. The second kappa shape index (κ2) is 7.53. The van der Waals surface area contributed by atoms with Gasteiger partial charge in [0.2, 0.25) is 0 Å². The predicted octanol–water partition coefficient (Wildman–Crippen LogP) is 4.63. The molecule has 1 amide bonds. The molecule has 0 heterocycles. The molecule has 0 fully saturated rings. The van der Waals surface area contributed by atoms with Crippen molar-refractivity contribution in [1.29, 1.82) is 0 Å². The first-order chi connectivity index (χ1) is 10.7. The van der Waals surface area contributed by atoms with Gasteiger partial charge in [-0.3, -0.25) is 9.69 Å². The molecule has 22 heavy (non-hydrogen) atoms. The Bertz CT molecular complexity index is 662. The Balaban J connectivity index is 2.43. The summed E-state index contributed by atoms with van der Waals surface area (Å²) in [6.45, 7) is 0. The lowest BCUT2D eigenvalue weighted by Gasteiger charge is -2.29. The number of ether oxygens (including phenoxy) is 1. The van der Waals surface area contributed by atoms with Gasteiger partial charge in [-0.2, -0.15) is 0 Å². The van der Waals surface area contributed by atoms with E-state index in [0.29, 0.717) is 17.9 Å². The van der Waals surface area contributed by atoms with Crippen molar-refractivity contribution >= 4 is 22.7 Å². The maximum absolute atomic E-state index is 12.0. The maximum atomic E-state index is 12.0. The number of benzene rings is 2. The van der Waals surface area contributed by atoms with E-state index in [1.807, 2.05) is 30.3 Å². The molecule has 0 aromatic heterocycles. The molecule has 0 aliphatic rings. The predicted molar refractivity (Wildman–Crippen MR) is 89.4 cm³/mol. The lowest BCUT2D eigenvalue weighted by atomic mass is 10.0. The summed E-state index contributed by atoms with van der Waals surface area (Å²) in [6.07, 6.45) is 5.85. The van der Waals surface area contributed by atoms with Crippen LogP contribution in [0, 0.1) is 12.3 Å². The molecule has 0 saturated carbocycles. The second-order valence-electron chi connectivity index (χ2n) is 4.66. The summed E-state index contributed by atoms with van der Waals surface area (Å²) in [5, 5.41) is -0.575. The van der Waals surface area contributed by atoms with Crippen molar-refractivity contribution in [3.63, 3.8) is 0 Å². The molecule has 0 spiro atoms. The molecule has 0 N–H and O–H groups in total. The number of anilines is 1. The molecule has 0 aliphatic heterocycles. The van der Waals surface area contributed by atoms with Crippen LogP contribution >= 0.6 is 11.6 Å². The molecule has 1 unspecified atom stereocenters. The summed E-state index contributed by atoms with van der Waals surface area (Å²) < 4.78 is 5.13. The number of terminal acetylenes is 1. The number of rotatable bonds is 5. The van der Waals surface area contributed by atoms with Crippen LogP contribution in [0.1, 0.15) is 18.0 Å². The maximum Gasteiger partial charge on any atom is 0.321 e. The minimum absolute atomic E-state index is 0.315. The van der Waals surface area contributed by atoms with Crippen LogP contribution in [0.15, 0.2) is 54.6 Å². The number of halogens is 1. The van der Waals surface area contributed by atoms with Crippen LogP contribution in [0.2, 0.25) is 0 Å². The fraction of sp³-hybridized carbons (Fsp3) is 0.167. The number of methoxy groups -OCH3 is 1. The van der Waals surface area contributed by atoms with Gasteiger partial charge in [-0.1, -0.05) is 30.3 Å². The number of hydrogen-bond donors (Lipinski definition) is 0. The highest BCUT2D eigenvalue weighted by Gasteiger charge is 2.25. The van der Waals surface area contributed by atoms with Gasteiger partial charge in [-0.05, 0) is 41.4 Å². The van der Waals surface area contributed by atoms with Crippen molar-refractivity contribution in [1.82, 2.24) is 0 Å². The average molecular weight is 314 g/mol. The molecule has 2 rings (SSSR count). The molecule has 0 saturated heterocycles. The first-order valence-corrected chi connectivity index (χ1v) is 7.16. The van der Waals surface area contributed by atoms with E-state index in [4.69, 9.17) is 22.8 Å². The van der Waals surface area contributed by atoms with Gasteiger partial charge in [-0.25, -0.2) is 0 Å². The number of hydrogen-bond acceptors (Lipinski definition) is 2. The number of amides is 1. The minimum Gasteiger partial charge on any atom is -0.497 e. The molecule has 0 bridgehead atoms. The zero-order valence-corrected chi connectivity index (χ0v) is 13.0. The smallest absolute Gasteiger partial charge is 0.321 e. The highest BCUT2D eigenvalue weighted by molar-refractivity contribution is 6.66. The Morgan fingerprint density at radius 2 is 1.86 bits per heavy atom. The van der Waals surface area contributed by atoms with Crippen LogP contribution in [-0.4, -0.2) is 12.5 Å². The van der Waals surface area contributed by atoms with E-state index in [-0.39, 0.29) is 6.04 Å². The van der Waals surface area contributed by atoms with Crippen molar-refractivity contribution in [2.24, 2.45) is 0 Å². The third kappa shape index (κ3) is 3.60. The Morgan fingerprint density at radius 3 is 2.36 bits per heavy atom. The normalized spacial score (nSPS) is 11.3. The molecule has 4 heteroatoms. The molecule has 1 atom stereocenters. The quantitative estimate of drug-likeness (QED) is 0.458. The summed E-state index contributed by atoms with van der Waals surface area (Å²) in [5.74, 6) is 3.32. The van der Waals surface area contributed by atoms with Crippen LogP contribution in [0.25, 0.3) is 0 Å². The van der Waals surface area contributed by atoms with Gasteiger partial charge in [0.25, 0.3) is 0 Å². The fourth-order valence-corrected chi connectivity index (χ4v) is 2.51. The van der Waals surface area contributed by atoms with Gasteiger partial charge in [0, 0.05) is 12.1 Å². The van der Waals surface area contributed by atoms with Gasteiger partial charge in [0.15, 0.2) is 0 Å². The Hall–Kier alpha value is -2.44. The third-order valence-corrected chi connectivity index (χ3v) is 3.53. The number of carbonyl (C=O) groups is 1. The van der Waals surface area contributed by atoms with E-state index in [9.17, 15) is 4.79 Å². The summed E-state index contributed by atoms with van der Waals surface area (Å²) in [6, 6.07) is 16.4.